The van der Waals surface area contributed by atoms with E-state index >= 15 is 0 Å². The molecule has 156 valence electrons. The lowest BCUT2D eigenvalue weighted by atomic mass is 9.82. The van der Waals surface area contributed by atoms with E-state index in [1.807, 2.05) is 31.2 Å². The number of para-hydroxylation sites is 1. The van der Waals surface area contributed by atoms with Gasteiger partial charge in [0.15, 0.2) is 0 Å². The molecule has 1 amide bonds. The fourth-order valence-electron chi connectivity index (χ4n) is 4.93. The third-order valence-corrected chi connectivity index (χ3v) is 6.18. The number of pyridine rings is 1. The van der Waals surface area contributed by atoms with Gasteiger partial charge in [-0.25, -0.2) is 14.8 Å². The lowest BCUT2D eigenvalue weighted by Crippen LogP contribution is -2.16. The van der Waals surface area contributed by atoms with Gasteiger partial charge >= 0.3 is 0 Å². The highest BCUT2D eigenvalue weighted by Gasteiger charge is 2.30. The van der Waals surface area contributed by atoms with Crippen LogP contribution in [0.3, 0.4) is 0 Å². The van der Waals surface area contributed by atoms with E-state index in [-0.39, 0.29) is 19.1 Å². The number of hydrogen-bond donors (Lipinski definition) is 1. The molecule has 2 aromatic heterocycles. The Balaban J connectivity index is 1.73. The molecule has 0 unspecified atom stereocenters. The van der Waals surface area contributed by atoms with Gasteiger partial charge in [-0.05, 0) is 49.4 Å². The van der Waals surface area contributed by atoms with Crippen LogP contribution in [-0.2, 0) is 27.7 Å². The Morgan fingerprint density at radius 2 is 1.93 bits per heavy atom. The lowest BCUT2D eigenvalue weighted by molar-refractivity contribution is -0.301. The van der Waals surface area contributed by atoms with Crippen LogP contribution >= 0.6 is 0 Å². The summed E-state index contributed by atoms with van der Waals surface area (Å²) in [6, 6.07) is 12.3. The van der Waals surface area contributed by atoms with Crippen molar-refractivity contribution in [3.63, 3.8) is 0 Å². The van der Waals surface area contributed by atoms with Crippen molar-refractivity contribution in [1.82, 2.24) is 9.55 Å². The summed E-state index contributed by atoms with van der Waals surface area (Å²) in [5, 5.41) is 4.23. The summed E-state index contributed by atoms with van der Waals surface area (Å²) in [7, 11) is 0. The van der Waals surface area contributed by atoms with E-state index in [0.29, 0.717) is 12.5 Å². The predicted octanol–water partition coefficient (Wildman–Crippen LogP) is 5.17. The van der Waals surface area contributed by atoms with Crippen molar-refractivity contribution >= 4 is 22.6 Å². The molecule has 0 atom stereocenters. The predicted molar refractivity (Wildman–Crippen MR) is 116 cm³/mol. The molecule has 1 aliphatic carbocycles. The van der Waals surface area contributed by atoms with Gasteiger partial charge in [0, 0.05) is 10.9 Å². The van der Waals surface area contributed by atoms with Crippen LogP contribution in [0.1, 0.15) is 56.2 Å². The van der Waals surface area contributed by atoms with Crippen LogP contribution in [0.15, 0.2) is 36.4 Å². The summed E-state index contributed by atoms with van der Waals surface area (Å²) in [5.74, 6) is 0.470. The van der Waals surface area contributed by atoms with E-state index in [4.69, 9.17) is 14.8 Å². The molecule has 1 saturated carbocycles. The SMILES string of the molecule is CCOOCc1ccc2c(C3CCCCC3)c3n(c2n1)CC(=O)Nc1ccccc1-3. The number of aromatic nitrogens is 2. The monoisotopic (exact) mass is 405 g/mol. The molecular formula is C24H27N3O3. The van der Waals surface area contributed by atoms with Gasteiger partial charge in [0.1, 0.15) is 18.8 Å². The van der Waals surface area contributed by atoms with Crippen molar-refractivity contribution in [3.8, 4) is 11.3 Å². The first-order chi connectivity index (χ1) is 14.8. The summed E-state index contributed by atoms with van der Waals surface area (Å²) >= 11 is 0. The van der Waals surface area contributed by atoms with Crippen molar-refractivity contribution in [3.05, 3.63) is 47.7 Å². The van der Waals surface area contributed by atoms with Crippen LogP contribution in [0, 0.1) is 0 Å². The second-order valence-corrected chi connectivity index (χ2v) is 8.12. The Morgan fingerprint density at radius 3 is 2.77 bits per heavy atom. The van der Waals surface area contributed by atoms with Crippen molar-refractivity contribution < 1.29 is 14.6 Å². The molecule has 0 bridgehead atoms. The average molecular weight is 405 g/mol. The molecule has 1 aromatic carbocycles. The van der Waals surface area contributed by atoms with Gasteiger partial charge < -0.3 is 9.88 Å². The van der Waals surface area contributed by atoms with Gasteiger partial charge in [-0.15, -0.1) is 0 Å². The molecule has 3 heterocycles. The zero-order valence-electron chi connectivity index (χ0n) is 17.3. The maximum absolute atomic E-state index is 12.7. The largest absolute Gasteiger partial charge is 0.324 e. The van der Waals surface area contributed by atoms with Crippen molar-refractivity contribution in [1.29, 1.82) is 0 Å². The number of amides is 1. The minimum atomic E-state index is -0.0222. The standard InChI is InChI=1S/C24H27N3O3/c1-2-29-30-15-17-12-13-19-22(16-8-4-3-5-9-16)23-18-10-6-7-11-20(18)26-21(28)14-27(23)24(19)25-17/h6-7,10-13,16H,2-5,8-9,14-15H2,1H3,(H,26,28). The molecule has 30 heavy (non-hydrogen) atoms. The summed E-state index contributed by atoms with van der Waals surface area (Å²) in [4.78, 5) is 27.9. The topological polar surface area (TPSA) is 65.4 Å². The number of rotatable bonds is 5. The van der Waals surface area contributed by atoms with Crippen LogP contribution in [0.25, 0.3) is 22.3 Å². The first kappa shape index (κ1) is 19.3. The molecule has 1 N–H and O–H groups in total. The van der Waals surface area contributed by atoms with E-state index in [2.05, 4.69) is 22.0 Å². The van der Waals surface area contributed by atoms with E-state index in [1.165, 1.54) is 37.7 Å². The number of carbonyl (C=O) groups is 1. The smallest absolute Gasteiger partial charge is 0.244 e. The van der Waals surface area contributed by atoms with Gasteiger partial charge in [0.25, 0.3) is 0 Å². The van der Waals surface area contributed by atoms with E-state index in [1.54, 1.807) is 0 Å². The summed E-state index contributed by atoms with van der Waals surface area (Å²) < 4.78 is 2.10. The van der Waals surface area contributed by atoms with E-state index < -0.39 is 0 Å². The fourth-order valence-corrected chi connectivity index (χ4v) is 4.93. The van der Waals surface area contributed by atoms with Crippen molar-refractivity contribution in [2.24, 2.45) is 0 Å². The third kappa shape index (κ3) is 3.40. The van der Waals surface area contributed by atoms with Crippen LogP contribution < -0.4 is 5.32 Å². The third-order valence-electron chi connectivity index (χ3n) is 6.18. The molecule has 0 saturated heterocycles. The second-order valence-electron chi connectivity index (χ2n) is 8.12. The summed E-state index contributed by atoms with van der Waals surface area (Å²) in [6.45, 7) is 2.92. The molecule has 5 rings (SSSR count). The number of anilines is 1. The molecule has 0 radical (unpaired) electrons. The maximum Gasteiger partial charge on any atom is 0.244 e. The summed E-state index contributed by atoms with van der Waals surface area (Å²) in [5.41, 5.74) is 6.09. The minimum Gasteiger partial charge on any atom is -0.324 e. The molecule has 6 heteroatoms. The van der Waals surface area contributed by atoms with Crippen molar-refractivity contribution in [2.45, 2.75) is 58.1 Å². The molecule has 3 aromatic rings. The molecule has 6 nitrogen and oxygen atoms in total. The Hall–Kier alpha value is -2.70. The van der Waals surface area contributed by atoms with Gasteiger partial charge in [-0.2, -0.15) is 0 Å². The Kier molecular flexibility index (Phi) is 5.27. The first-order valence-electron chi connectivity index (χ1n) is 10.9. The highest BCUT2D eigenvalue weighted by molar-refractivity contribution is 6.02. The van der Waals surface area contributed by atoms with E-state index in [9.17, 15) is 4.79 Å². The molecule has 1 aliphatic heterocycles. The quantitative estimate of drug-likeness (QED) is 0.361. The lowest BCUT2D eigenvalue weighted by Gasteiger charge is -2.23. The molecular weight excluding hydrogens is 378 g/mol. The number of nitrogens with one attached hydrogen (secondary N) is 1. The van der Waals surface area contributed by atoms with Crippen molar-refractivity contribution in [2.75, 3.05) is 11.9 Å². The number of carbonyl (C=O) groups excluding carboxylic acids is 1. The number of nitrogens with zero attached hydrogens (tertiary/aromatic N) is 2. The fraction of sp³-hybridized carbons (Fsp3) is 0.417. The zero-order valence-corrected chi connectivity index (χ0v) is 17.3. The summed E-state index contributed by atoms with van der Waals surface area (Å²) in [6.07, 6.45) is 6.18. The Bertz CT molecular complexity index is 1080. The normalized spacial score (nSPS) is 16.8. The van der Waals surface area contributed by atoms with Crippen LogP contribution in [-0.4, -0.2) is 22.1 Å². The highest BCUT2D eigenvalue weighted by atomic mass is 17.2. The Morgan fingerprint density at radius 1 is 1.10 bits per heavy atom. The van der Waals surface area contributed by atoms with Crippen LogP contribution in [0.5, 0.6) is 0 Å². The van der Waals surface area contributed by atoms with Gasteiger partial charge in [0.2, 0.25) is 5.91 Å². The first-order valence-corrected chi connectivity index (χ1v) is 10.9. The van der Waals surface area contributed by atoms with Gasteiger partial charge in [-0.3, -0.25) is 4.79 Å². The Labute approximate surface area is 176 Å². The molecule has 2 aliphatic rings. The van der Waals surface area contributed by atoms with E-state index in [0.717, 1.165) is 33.7 Å². The van der Waals surface area contributed by atoms with Crippen LogP contribution in [0.4, 0.5) is 5.69 Å². The number of fused-ring (bicyclic) bond motifs is 5. The van der Waals surface area contributed by atoms with Crippen LogP contribution in [0.2, 0.25) is 0 Å². The second kappa shape index (κ2) is 8.20. The number of hydrogen-bond acceptors (Lipinski definition) is 4. The van der Waals surface area contributed by atoms with Gasteiger partial charge in [0.05, 0.1) is 23.7 Å². The average Bonchev–Trinajstić information content (AvgIpc) is 2.99. The minimum absolute atomic E-state index is 0.0222. The van der Waals surface area contributed by atoms with Gasteiger partial charge in [-0.1, -0.05) is 37.5 Å². The molecule has 1 fully saturated rings. The maximum atomic E-state index is 12.7. The zero-order chi connectivity index (χ0) is 20.5. The highest BCUT2D eigenvalue weighted by Crippen LogP contribution is 2.46. The molecule has 0 spiro atoms. The number of benzene rings is 1.